The predicted octanol–water partition coefficient (Wildman–Crippen LogP) is 4.03. The van der Waals surface area contributed by atoms with Gasteiger partial charge in [-0.25, -0.2) is 0 Å². The number of ether oxygens (including phenoxy) is 1. The molecule has 7 heteroatoms. The SMILES string of the molecule is CN(C)C(=O)C[C@@]1(C(=O)Nc2cncc3ccccc23)CCOc2ccc(Cl)cc21. The van der Waals surface area contributed by atoms with Crippen LogP contribution >= 0.6 is 11.6 Å². The number of halogens is 1. The highest BCUT2D eigenvalue weighted by Crippen LogP contribution is 2.44. The zero-order valence-electron chi connectivity index (χ0n) is 16.8. The average Bonchev–Trinajstić information content (AvgIpc) is 2.74. The molecular weight excluding hydrogens is 402 g/mol. The quantitative estimate of drug-likeness (QED) is 0.687. The number of benzene rings is 2. The number of nitrogens with one attached hydrogen (secondary N) is 1. The molecule has 1 atom stereocenters. The van der Waals surface area contributed by atoms with Crippen molar-refractivity contribution >= 4 is 39.9 Å². The van der Waals surface area contributed by atoms with Crippen molar-refractivity contribution in [2.24, 2.45) is 0 Å². The molecule has 4 rings (SSSR count). The van der Waals surface area contributed by atoms with Crippen molar-refractivity contribution in [1.82, 2.24) is 9.88 Å². The Morgan fingerprint density at radius 3 is 2.80 bits per heavy atom. The third kappa shape index (κ3) is 3.59. The van der Waals surface area contributed by atoms with Crippen LogP contribution in [0.25, 0.3) is 10.8 Å². The first kappa shape index (κ1) is 20.2. The van der Waals surface area contributed by atoms with Gasteiger partial charge in [-0.3, -0.25) is 14.6 Å². The van der Waals surface area contributed by atoms with Crippen molar-refractivity contribution in [3.05, 3.63) is 65.4 Å². The summed E-state index contributed by atoms with van der Waals surface area (Å²) in [7, 11) is 3.36. The van der Waals surface area contributed by atoms with Gasteiger partial charge in [0.15, 0.2) is 0 Å². The zero-order chi connectivity index (χ0) is 21.3. The second-order valence-electron chi connectivity index (χ2n) is 7.65. The fraction of sp³-hybridized carbons (Fsp3) is 0.261. The maximum atomic E-state index is 13.8. The number of hydrogen-bond acceptors (Lipinski definition) is 4. The van der Waals surface area contributed by atoms with Crippen LogP contribution in [0.5, 0.6) is 5.75 Å². The lowest BCUT2D eigenvalue weighted by Crippen LogP contribution is -2.47. The van der Waals surface area contributed by atoms with Gasteiger partial charge in [0.2, 0.25) is 11.8 Å². The van der Waals surface area contributed by atoms with Gasteiger partial charge in [-0.05, 0) is 18.2 Å². The Labute approximate surface area is 179 Å². The van der Waals surface area contributed by atoms with Gasteiger partial charge in [-0.1, -0.05) is 35.9 Å². The number of carbonyl (C=O) groups excluding carboxylic acids is 2. The number of hydrogen-bond donors (Lipinski definition) is 1. The number of nitrogens with zero attached hydrogens (tertiary/aromatic N) is 2. The minimum Gasteiger partial charge on any atom is -0.493 e. The number of fused-ring (bicyclic) bond motifs is 2. The van der Waals surface area contributed by atoms with Gasteiger partial charge >= 0.3 is 0 Å². The molecule has 154 valence electrons. The molecule has 0 saturated heterocycles. The highest BCUT2D eigenvalue weighted by Gasteiger charge is 2.46. The lowest BCUT2D eigenvalue weighted by atomic mass is 9.72. The van der Waals surface area contributed by atoms with E-state index in [2.05, 4.69) is 10.3 Å². The van der Waals surface area contributed by atoms with Crippen LogP contribution in [0.15, 0.2) is 54.9 Å². The van der Waals surface area contributed by atoms with Crippen LogP contribution < -0.4 is 10.1 Å². The van der Waals surface area contributed by atoms with Crippen molar-refractivity contribution in [2.75, 3.05) is 26.0 Å². The molecule has 0 saturated carbocycles. The molecule has 2 aromatic carbocycles. The van der Waals surface area contributed by atoms with Gasteiger partial charge in [-0.15, -0.1) is 0 Å². The van der Waals surface area contributed by atoms with Crippen LogP contribution in [-0.2, 0) is 15.0 Å². The smallest absolute Gasteiger partial charge is 0.235 e. The van der Waals surface area contributed by atoms with Crippen LogP contribution in [0, 0.1) is 0 Å². The summed E-state index contributed by atoms with van der Waals surface area (Å²) in [5, 5.41) is 5.32. The van der Waals surface area contributed by atoms with E-state index < -0.39 is 5.41 Å². The van der Waals surface area contributed by atoms with Gasteiger partial charge < -0.3 is 15.0 Å². The summed E-state index contributed by atoms with van der Waals surface area (Å²) in [5.74, 6) is 0.153. The summed E-state index contributed by atoms with van der Waals surface area (Å²) in [6.07, 6.45) is 3.75. The molecule has 3 aromatic rings. The molecule has 0 bridgehead atoms. The van der Waals surface area contributed by atoms with Crippen LogP contribution in [-0.4, -0.2) is 42.4 Å². The Balaban J connectivity index is 1.80. The third-order valence-corrected chi connectivity index (χ3v) is 5.78. The minimum atomic E-state index is -1.10. The van der Waals surface area contributed by atoms with E-state index in [0.717, 1.165) is 10.8 Å². The lowest BCUT2D eigenvalue weighted by molar-refractivity contribution is -0.134. The van der Waals surface area contributed by atoms with Crippen LogP contribution in [0.4, 0.5) is 5.69 Å². The topological polar surface area (TPSA) is 71.5 Å². The fourth-order valence-electron chi connectivity index (χ4n) is 3.85. The number of amides is 2. The first-order chi connectivity index (χ1) is 14.4. The van der Waals surface area contributed by atoms with E-state index in [4.69, 9.17) is 16.3 Å². The lowest BCUT2D eigenvalue weighted by Gasteiger charge is -2.38. The van der Waals surface area contributed by atoms with Crippen molar-refractivity contribution in [3.63, 3.8) is 0 Å². The molecule has 1 aromatic heterocycles. The average molecular weight is 424 g/mol. The van der Waals surface area contributed by atoms with Gasteiger partial charge in [0, 0.05) is 54.5 Å². The molecule has 6 nitrogen and oxygen atoms in total. The van der Waals surface area contributed by atoms with Crippen molar-refractivity contribution in [3.8, 4) is 5.75 Å². The molecule has 1 N–H and O–H groups in total. The summed E-state index contributed by atoms with van der Waals surface area (Å²) in [5.41, 5.74) is 0.128. The van der Waals surface area contributed by atoms with Crippen LogP contribution in [0.2, 0.25) is 5.02 Å². The van der Waals surface area contributed by atoms with Gasteiger partial charge in [-0.2, -0.15) is 0 Å². The van der Waals surface area contributed by atoms with Gasteiger partial charge in [0.05, 0.1) is 23.9 Å². The van der Waals surface area contributed by atoms with Crippen molar-refractivity contribution < 1.29 is 14.3 Å². The van der Waals surface area contributed by atoms with Gasteiger partial charge in [0.1, 0.15) is 5.75 Å². The highest BCUT2D eigenvalue weighted by molar-refractivity contribution is 6.30. The molecule has 0 radical (unpaired) electrons. The number of rotatable bonds is 4. The molecule has 0 fully saturated rings. The molecule has 0 unspecified atom stereocenters. The van der Waals surface area contributed by atoms with E-state index in [9.17, 15) is 9.59 Å². The molecule has 0 spiro atoms. The van der Waals surface area contributed by atoms with E-state index in [-0.39, 0.29) is 18.2 Å². The number of anilines is 1. The predicted molar refractivity (Wildman–Crippen MR) is 117 cm³/mol. The van der Waals surface area contributed by atoms with Crippen LogP contribution in [0.3, 0.4) is 0 Å². The Bertz CT molecular complexity index is 1130. The second kappa shape index (κ2) is 7.95. The standard InChI is InChI=1S/C23H22ClN3O3/c1-27(2)21(28)12-23(9-10-30-20-8-7-16(24)11-18(20)23)22(29)26-19-14-25-13-15-5-3-4-6-17(15)19/h3-8,11,13-14H,9-10,12H2,1-2H3,(H,26,29)/t23-/m0/s1. The minimum absolute atomic E-state index is 0.0146. The fourth-order valence-corrected chi connectivity index (χ4v) is 4.02. The highest BCUT2D eigenvalue weighted by atomic mass is 35.5. The monoisotopic (exact) mass is 423 g/mol. The van der Waals surface area contributed by atoms with E-state index in [1.807, 2.05) is 24.3 Å². The molecule has 0 aliphatic carbocycles. The summed E-state index contributed by atoms with van der Waals surface area (Å²) in [6.45, 7) is 0.330. The van der Waals surface area contributed by atoms with E-state index in [1.54, 1.807) is 44.7 Å². The molecule has 30 heavy (non-hydrogen) atoms. The molecule has 2 heterocycles. The number of aromatic nitrogens is 1. The van der Waals surface area contributed by atoms with E-state index in [1.165, 1.54) is 4.90 Å². The van der Waals surface area contributed by atoms with E-state index in [0.29, 0.717) is 35.1 Å². The zero-order valence-corrected chi connectivity index (χ0v) is 17.6. The number of carbonyl (C=O) groups is 2. The summed E-state index contributed by atoms with van der Waals surface area (Å²) in [4.78, 5) is 32.2. The molecule has 1 aliphatic heterocycles. The Kier molecular flexibility index (Phi) is 5.35. The van der Waals surface area contributed by atoms with Gasteiger partial charge in [0.25, 0.3) is 0 Å². The third-order valence-electron chi connectivity index (χ3n) is 5.55. The Morgan fingerprint density at radius 1 is 1.20 bits per heavy atom. The largest absolute Gasteiger partial charge is 0.493 e. The Morgan fingerprint density at radius 2 is 2.00 bits per heavy atom. The van der Waals surface area contributed by atoms with Crippen molar-refractivity contribution in [1.29, 1.82) is 0 Å². The molecule has 1 aliphatic rings. The van der Waals surface area contributed by atoms with Crippen molar-refractivity contribution in [2.45, 2.75) is 18.3 Å². The summed E-state index contributed by atoms with van der Waals surface area (Å²) in [6, 6.07) is 12.9. The maximum Gasteiger partial charge on any atom is 0.235 e. The molecular formula is C23H22ClN3O3. The normalized spacial score (nSPS) is 17.7. The Hall–Kier alpha value is -3.12. The molecule has 2 amide bonds. The van der Waals surface area contributed by atoms with Crippen LogP contribution in [0.1, 0.15) is 18.4 Å². The summed E-state index contributed by atoms with van der Waals surface area (Å²) < 4.78 is 5.77. The first-order valence-corrected chi connectivity index (χ1v) is 10.1. The second-order valence-corrected chi connectivity index (χ2v) is 8.08. The first-order valence-electron chi connectivity index (χ1n) is 9.68. The van der Waals surface area contributed by atoms with E-state index >= 15 is 0 Å². The summed E-state index contributed by atoms with van der Waals surface area (Å²) >= 11 is 6.25. The number of pyridine rings is 1. The maximum absolute atomic E-state index is 13.8.